The van der Waals surface area contributed by atoms with Gasteiger partial charge in [0.15, 0.2) is 0 Å². The molecule has 114 valence electrons. The van der Waals surface area contributed by atoms with Crippen molar-refractivity contribution in [3.05, 3.63) is 42.0 Å². The molecular formula is C16H18FN5. The maximum Gasteiger partial charge on any atom is 0.143 e. The van der Waals surface area contributed by atoms with Crippen molar-refractivity contribution in [3.8, 4) is 6.07 Å². The number of aromatic nitrogens is 2. The Kier molecular flexibility index (Phi) is 3.96. The van der Waals surface area contributed by atoms with Gasteiger partial charge >= 0.3 is 0 Å². The van der Waals surface area contributed by atoms with Crippen molar-refractivity contribution in [3.63, 3.8) is 0 Å². The van der Waals surface area contributed by atoms with Gasteiger partial charge in [0.25, 0.3) is 0 Å². The molecule has 22 heavy (non-hydrogen) atoms. The first-order valence-corrected chi connectivity index (χ1v) is 7.36. The van der Waals surface area contributed by atoms with Crippen molar-refractivity contribution in [1.29, 1.82) is 5.26 Å². The highest BCUT2D eigenvalue weighted by molar-refractivity contribution is 5.58. The molecule has 1 aliphatic rings. The number of aryl methyl sites for hydroxylation is 1. The average molecular weight is 299 g/mol. The van der Waals surface area contributed by atoms with Gasteiger partial charge < -0.3 is 10.2 Å². The van der Waals surface area contributed by atoms with E-state index in [-0.39, 0.29) is 11.6 Å². The van der Waals surface area contributed by atoms with Crippen LogP contribution in [-0.4, -0.2) is 28.9 Å². The molecule has 0 amide bonds. The van der Waals surface area contributed by atoms with E-state index in [9.17, 15) is 4.39 Å². The van der Waals surface area contributed by atoms with Gasteiger partial charge in [-0.25, -0.2) is 4.39 Å². The molecule has 2 aromatic rings. The summed E-state index contributed by atoms with van der Waals surface area (Å²) in [6.07, 6.45) is 5.89. The first-order chi connectivity index (χ1) is 10.7. The number of benzene rings is 1. The first-order valence-electron chi connectivity index (χ1n) is 7.36. The molecule has 1 N–H and O–H groups in total. The Bertz CT molecular complexity index is 703. The van der Waals surface area contributed by atoms with Crippen LogP contribution in [0.1, 0.15) is 18.4 Å². The van der Waals surface area contributed by atoms with E-state index in [1.165, 1.54) is 6.07 Å². The molecule has 1 aromatic carbocycles. The highest BCUT2D eigenvalue weighted by atomic mass is 19.1. The third-order valence-corrected chi connectivity index (χ3v) is 3.96. The van der Waals surface area contributed by atoms with Crippen LogP contribution in [0.5, 0.6) is 0 Å². The molecule has 3 rings (SSSR count). The third kappa shape index (κ3) is 2.89. The van der Waals surface area contributed by atoms with E-state index >= 15 is 0 Å². The number of nitriles is 1. The number of hydrogen-bond donors (Lipinski definition) is 1. The third-order valence-electron chi connectivity index (χ3n) is 3.96. The summed E-state index contributed by atoms with van der Waals surface area (Å²) in [5.74, 6) is -0.479. The summed E-state index contributed by atoms with van der Waals surface area (Å²) in [7, 11) is 1.90. The summed E-state index contributed by atoms with van der Waals surface area (Å²) in [6.45, 7) is 1.80. The predicted molar refractivity (Wildman–Crippen MR) is 83.2 cm³/mol. The second-order valence-corrected chi connectivity index (χ2v) is 5.58. The molecule has 1 aromatic heterocycles. The molecule has 0 radical (unpaired) electrons. The van der Waals surface area contributed by atoms with Gasteiger partial charge in [-0.2, -0.15) is 10.4 Å². The average Bonchev–Trinajstić information content (AvgIpc) is 2.94. The second kappa shape index (κ2) is 6.06. The van der Waals surface area contributed by atoms with Gasteiger partial charge in [-0.3, -0.25) is 4.68 Å². The zero-order chi connectivity index (χ0) is 15.5. The zero-order valence-corrected chi connectivity index (χ0v) is 12.5. The van der Waals surface area contributed by atoms with E-state index in [0.717, 1.165) is 31.6 Å². The Morgan fingerprint density at radius 3 is 3.05 bits per heavy atom. The summed E-state index contributed by atoms with van der Waals surface area (Å²) in [5, 5.41) is 16.6. The van der Waals surface area contributed by atoms with Gasteiger partial charge in [0, 0.05) is 32.4 Å². The smallest absolute Gasteiger partial charge is 0.143 e. The van der Waals surface area contributed by atoms with Crippen LogP contribution in [0.4, 0.5) is 15.8 Å². The van der Waals surface area contributed by atoms with Crippen LogP contribution in [0.3, 0.4) is 0 Å². The lowest BCUT2D eigenvalue weighted by molar-refractivity contribution is 0.529. The van der Waals surface area contributed by atoms with E-state index in [4.69, 9.17) is 5.26 Å². The summed E-state index contributed by atoms with van der Waals surface area (Å²) >= 11 is 0. The molecule has 1 unspecified atom stereocenters. The van der Waals surface area contributed by atoms with Crippen LogP contribution in [0.25, 0.3) is 0 Å². The standard InChI is InChI=1S/C16H18FN5/c1-21-11-13(9-19-21)22-7-3-4-12(10-22)20-16-6-2-5-15(17)14(16)8-18/h2,5-6,9,11-12,20H,3-4,7,10H2,1H3. The number of hydrogen-bond acceptors (Lipinski definition) is 4. The lowest BCUT2D eigenvalue weighted by Crippen LogP contribution is -2.42. The summed E-state index contributed by atoms with van der Waals surface area (Å²) < 4.78 is 15.4. The molecule has 6 heteroatoms. The molecule has 1 aliphatic heterocycles. The van der Waals surface area contributed by atoms with Gasteiger partial charge in [0.05, 0.1) is 17.6 Å². The van der Waals surface area contributed by atoms with E-state index in [1.54, 1.807) is 16.8 Å². The number of piperidine rings is 1. The summed E-state index contributed by atoms with van der Waals surface area (Å²) in [5.41, 5.74) is 1.75. The van der Waals surface area contributed by atoms with Gasteiger partial charge in [0.2, 0.25) is 0 Å². The predicted octanol–water partition coefficient (Wildman–Crippen LogP) is 2.51. The molecule has 0 spiro atoms. The monoisotopic (exact) mass is 299 g/mol. The van der Waals surface area contributed by atoms with E-state index in [0.29, 0.717) is 5.69 Å². The number of anilines is 2. The van der Waals surface area contributed by atoms with Crippen LogP contribution in [0.2, 0.25) is 0 Å². The Morgan fingerprint density at radius 2 is 2.32 bits per heavy atom. The van der Waals surface area contributed by atoms with Gasteiger partial charge in [0.1, 0.15) is 17.4 Å². The number of halogens is 1. The van der Waals surface area contributed by atoms with Crippen molar-refractivity contribution in [2.45, 2.75) is 18.9 Å². The second-order valence-electron chi connectivity index (χ2n) is 5.58. The van der Waals surface area contributed by atoms with Gasteiger partial charge in [-0.05, 0) is 25.0 Å². The molecule has 0 aliphatic carbocycles. The fourth-order valence-electron chi connectivity index (χ4n) is 2.88. The topological polar surface area (TPSA) is 56.9 Å². The fourth-order valence-corrected chi connectivity index (χ4v) is 2.88. The van der Waals surface area contributed by atoms with Crippen molar-refractivity contribution < 1.29 is 4.39 Å². The van der Waals surface area contributed by atoms with Gasteiger partial charge in [-0.15, -0.1) is 0 Å². The minimum atomic E-state index is -0.479. The Labute approximate surface area is 129 Å². The van der Waals surface area contributed by atoms with Crippen molar-refractivity contribution >= 4 is 11.4 Å². The molecule has 1 saturated heterocycles. The van der Waals surface area contributed by atoms with Gasteiger partial charge in [-0.1, -0.05) is 6.07 Å². The number of nitrogens with zero attached hydrogens (tertiary/aromatic N) is 4. The lowest BCUT2D eigenvalue weighted by atomic mass is 10.0. The van der Waals surface area contributed by atoms with Crippen molar-refractivity contribution in [2.75, 3.05) is 23.3 Å². The minimum absolute atomic E-state index is 0.0843. The highest BCUT2D eigenvalue weighted by Gasteiger charge is 2.22. The fraction of sp³-hybridized carbons (Fsp3) is 0.375. The number of rotatable bonds is 3. The number of nitrogens with one attached hydrogen (secondary N) is 1. The van der Waals surface area contributed by atoms with E-state index in [1.807, 2.05) is 25.5 Å². The molecule has 1 fully saturated rings. The summed E-state index contributed by atoms with van der Waals surface area (Å²) in [4.78, 5) is 2.26. The molecular weight excluding hydrogens is 281 g/mol. The van der Waals surface area contributed by atoms with Crippen LogP contribution in [0.15, 0.2) is 30.6 Å². The van der Waals surface area contributed by atoms with E-state index in [2.05, 4.69) is 15.3 Å². The normalized spacial score (nSPS) is 18.0. The molecule has 1 atom stereocenters. The van der Waals surface area contributed by atoms with Crippen molar-refractivity contribution in [2.24, 2.45) is 7.05 Å². The molecule has 0 bridgehead atoms. The van der Waals surface area contributed by atoms with Crippen LogP contribution in [0, 0.1) is 17.1 Å². The van der Waals surface area contributed by atoms with Crippen molar-refractivity contribution in [1.82, 2.24) is 9.78 Å². The van der Waals surface area contributed by atoms with Crippen LogP contribution >= 0.6 is 0 Å². The quantitative estimate of drug-likeness (QED) is 0.946. The minimum Gasteiger partial charge on any atom is -0.379 e. The molecule has 2 heterocycles. The SMILES string of the molecule is Cn1cc(N2CCCC(Nc3cccc(F)c3C#N)C2)cn1. The maximum absolute atomic E-state index is 13.7. The Balaban J connectivity index is 1.73. The Hall–Kier alpha value is -2.55. The highest BCUT2D eigenvalue weighted by Crippen LogP contribution is 2.24. The summed E-state index contributed by atoms with van der Waals surface area (Å²) in [6, 6.07) is 6.81. The molecule has 0 saturated carbocycles. The maximum atomic E-state index is 13.7. The first kappa shape index (κ1) is 14.4. The van der Waals surface area contributed by atoms with Crippen LogP contribution < -0.4 is 10.2 Å². The molecule has 5 nitrogen and oxygen atoms in total. The zero-order valence-electron chi connectivity index (χ0n) is 12.5. The van der Waals surface area contributed by atoms with E-state index < -0.39 is 5.82 Å². The lowest BCUT2D eigenvalue weighted by Gasteiger charge is -2.34. The van der Waals surface area contributed by atoms with Crippen LogP contribution in [-0.2, 0) is 7.05 Å². The Morgan fingerprint density at radius 1 is 1.45 bits per heavy atom. The largest absolute Gasteiger partial charge is 0.379 e.